The van der Waals surface area contributed by atoms with Gasteiger partial charge < -0.3 is 11.5 Å². The number of fused-ring (bicyclic) bond motifs is 1. The van der Waals surface area contributed by atoms with E-state index in [0.29, 0.717) is 26.2 Å². The molecule has 4 N–H and O–H groups in total. The van der Waals surface area contributed by atoms with E-state index in [1.54, 1.807) is 18.3 Å². The van der Waals surface area contributed by atoms with E-state index in [1.165, 1.54) is 21.9 Å². The van der Waals surface area contributed by atoms with Crippen molar-refractivity contribution in [1.82, 2.24) is 14.8 Å². The minimum absolute atomic E-state index is 0.103. The summed E-state index contributed by atoms with van der Waals surface area (Å²) in [6.45, 7) is 4.62. The van der Waals surface area contributed by atoms with Crippen LogP contribution in [-0.4, -0.2) is 33.8 Å². The van der Waals surface area contributed by atoms with Gasteiger partial charge in [0, 0.05) is 52.0 Å². The summed E-state index contributed by atoms with van der Waals surface area (Å²) in [6.07, 6.45) is -1.78. The largest absolute Gasteiger partial charge is 0.416 e. The number of halogens is 3. The number of nitrogens with zero attached hydrogens (tertiary/aromatic N) is 4. The Bertz CT molecular complexity index is 1690. The second-order valence-electron chi connectivity index (χ2n) is 11.5. The van der Waals surface area contributed by atoms with Gasteiger partial charge in [-0.05, 0) is 63.7 Å². The number of hydrogen-bond donors (Lipinski definition) is 2. The van der Waals surface area contributed by atoms with E-state index in [-0.39, 0.29) is 5.96 Å². The Morgan fingerprint density at radius 1 is 0.652 bits per heavy atom. The molecule has 6 nitrogen and oxygen atoms in total. The molecule has 0 spiro atoms. The molecule has 46 heavy (non-hydrogen) atoms. The van der Waals surface area contributed by atoms with Gasteiger partial charge in [0.2, 0.25) is 0 Å². The van der Waals surface area contributed by atoms with Crippen molar-refractivity contribution < 1.29 is 13.2 Å². The molecule has 0 radical (unpaired) electrons. The summed E-state index contributed by atoms with van der Waals surface area (Å²) in [6, 6.07) is 34.6. The van der Waals surface area contributed by atoms with E-state index in [4.69, 9.17) is 11.5 Å². The quantitative estimate of drug-likeness (QED) is 0.0781. The lowest BCUT2D eigenvalue weighted by atomic mass is 10.0. The molecule has 0 amide bonds. The molecular formula is C37H39F3N6. The Hall–Kier alpha value is -4.73. The summed E-state index contributed by atoms with van der Waals surface area (Å²) in [4.78, 5) is 13.2. The first-order valence-electron chi connectivity index (χ1n) is 15.3. The Labute approximate surface area is 268 Å². The highest BCUT2D eigenvalue weighted by Gasteiger charge is 2.30. The normalized spacial score (nSPS) is 11.8. The molecule has 0 aliphatic heterocycles. The third-order valence-corrected chi connectivity index (χ3v) is 7.84. The molecule has 0 bridgehead atoms. The molecule has 0 aliphatic rings. The number of pyridine rings is 1. The predicted octanol–water partition coefficient (Wildman–Crippen LogP) is 7.12. The molecule has 5 rings (SSSR count). The van der Waals surface area contributed by atoms with Crippen molar-refractivity contribution in [2.45, 2.75) is 45.3 Å². The van der Waals surface area contributed by atoms with Crippen LogP contribution in [0.3, 0.4) is 0 Å². The van der Waals surface area contributed by atoms with Crippen molar-refractivity contribution in [2.75, 3.05) is 13.1 Å². The topological polar surface area (TPSA) is 83.8 Å². The number of aromatic nitrogens is 1. The van der Waals surface area contributed by atoms with Gasteiger partial charge in [0.25, 0.3) is 0 Å². The first-order chi connectivity index (χ1) is 22.2. The zero-order chi connectivity index (χ0) is 32.4. The van der Waals surface area contributed by atoms with Crippen LogP contribution in [-0.2, 0) is 38.9 Å². The Balaban J connectivity index is 1.29. The van der Waals surface area contributed by atoms with Gasteiger partial charge in [0.15, 0.2) is 5.96 Å². The van der Waals surface area contributed by atoms with Crippen LogP contribution in [0.15, 0.2) is 120 Å². The van der Waals surface area contributed by atoms with Crippen LogP contribution in [0.2, 0.25) is 0 Å². The van der Waals surface area contributed by atoms with Crippen LogP contribution >= 0.6 is 0 Å². The van der Waals surface area contributed by atoms with Crippen LogP contribution in [0, 0.1) is 0 Å². The lowest BCUT2D eigenvalue weighted by Crippen LogP contribution is -2.26. The first-order valence-corrected chi connectivity index (χ1v) is 15.3. The number of guanidine groups is 1. The second kappa shape index (κ2) is 15.5. The molecule has 238 valence electrons. The molecule has 0 saturated heterocycles. The number of nitrogens with two attached hydrogens (primary N) is 2. The fraction of sp³-hybridized carbons (Fsp3) is 0.243. The molecule has 0 saturated carbocycles. The monoisotopic (exact) mass is 624 g/mol. The highest BCUT2D eigenvalue weighted by atomic mass is 19.4. The molecule has 1 heterocycles. The van der Waals surface area contributed by atoms with Crippen LogP contribution in [0.25, 0.3) is 10.8 Å². The minimum Gasteiger partial charge on any atom is -0.370 e. The molecule has 0 unspecified atom stereocenters. The summed E-state index contributed by atoms with van der Waals surface area (Å²) in [5.74, 6) is 0.103. The minimum atomic E-state index is -4.36. The maximum atomic E-state index is 13.1. The van der Waals surface area contributed by atoms with Crippen molar-refractivity contribution in [3.05, 3.63) is 149 Å². The van der Waals surface area contributed by atoms with E-state index in [2.05, 4.69) is 86.5 Å². The molecule has 4 aromatic carbocycles. The van der Waals surface area contributed by atoms with Gasteiger partial charge in [0.1, 0.15) is 0 Å². The molecule has 0 aliphatic carbocycles. The third kappa shape index (κ3) is 9.63. The number of hydrogen-bond acceptors (Lipinski definition) is 4. The highest BCUT2D eigenvalue weighted by molar-refractivity contribution is 5.85. The van der Waals surface area contributed by atoms with E-state index < -0.39 is 11.7 Å². The van der Waals surface area contributed by atoms with E-state index in [9.17, 15) is 13.2 Å². The van der Waals surface area contributed by atoms with Crippen LogP contribution in [0.4, 0.5) is 13.2 Å². The van der Waals surface area contributed by atoms with Gasteiger partial charge in [-0.25, -0.2) is 0 Å². The van der Waals surface area contributed by atoms with E-state index in [1.807, 2.05) is 18.2 Å². The smallest absolute Gasteiger partial charge is 0.370 e. The van der Waals surface area contributed by atoms with E-state index >= 15 is 0 Å². The summed E-state index contributed by atoms with van der Waals surface area (Å²) >= 11 is 0. The number of benzene rings is 4. The average Bonchev–Trinajstić information content (AvgIpc) is 3.04. The van der Waals surface area contributed by atoms with Gasteiger partial charge >= 0.3 is 6.18 Å². The van der Waals surface area contributed by atoms with Crippen molar-refractivity contribution in [1.29, 1.82) is 0 Å². The Morgan fingerprint density at radius 2 is 1.26 bits per heavy atom. The molecular weight excluding hydrogens is 585 g/mol. The average molecular weight is 625 g/mol. The highest BCUT2D eigenvalue weighted by Crippen LogP contribution is 2.29. The lowest BCUT2D eigenvalue weighted by Gasteiger charge is -2.24. The van der Waals surface area contributed by atoms with Crippen LogP contribution in [0.1, 0.15) is 39.9 Å². The Morgan fingerprint density at radius 3 is 1.89 bits per heavy atom. The molecule has 1 aromatic heterocycles. The lowest BCUT2D eigenvalue weighted by molar-refractivity contribution is -0.137. The number of rotatable bonds is 14. The van der Waals surface area contributed by atoms with E-state index in [0.717, 1.165) is 55.0 Å². The van der Waals surface area contributed by atoms with Crippen molar-refractivity contribution in [3.63, 3.8) is 0 Å². The zero-order valence-corrected chi connectivity index (χ0v) is 25.7. The van der Waals surface area contributed by atoms with Crippen molar-refractivity contribution in [2.24, 2.45) is 16.5 Å². The van der Waals surface area contributed by atoms with Gasteiger partial charge in [-0.3, -0.25) is 19.8 Å². The van der Waals surface area contributed by atoms with Gasteiger partial charge in [-0.2, -0.15) is 13.2 Å². The summed E-state index contributed by atoms with van der Waals surface area (Å²) in [7, 11) is 0. The SMILES string of the molecule is NC(N)=NCCCN(Cc1ccc(CN(Cc2ccc(C(F)(F)F)cc2)Cc2ccccn2)cc1)Cc1cccc2ccccc12. The Kier molecular flexibility index (Phi) is 11.0. The predicted molar refractivity (Wildman–Crippen MR) is 178 cm³/mol. The van der Waals surface area contributed by atoms with Crippen molar-refractivity contribution in [3.8, 4) is 0 Å². The fourth-order valence-corrected chi connectivity index (χ4v) is 5.60. The fourth-order valence-electron chi connectivity index (χ4n) is 5.60. The summed E-state index contributed by atoms with van der Waals surface area (Å²) in [5, 5.41) is 2.46. The standard InChI is InChI=1S/C37H39F3N6/c38-37(39,40)33-18-16-30(17-19-33)25-46(27-34-10-3-4-20-43-34)24-29-14-12-28(13-15-29)23-45(22-6-21-44-36(41)42)26-32-9-5-8-31-7-1-2-11-35(31)32/h1-5,7-20H,6,21-27H2,(H4,41,42,44). The van der Waals surface area contributed by atoms with Gasteiger partial charge in [0.05, 0.1) is 11.3 Å². The summed E-state index contributed by atoms with van der Waals surface area (Å²) < 4.78 is 39.3. The van der Waals surface area contributed by atoms with Crippen LogP contribution < -0.4 is 11.5 Å². The summed E-state index contributed by atoms with van der Waals surface area (Å²) in [5.41, 5.74) is 15.7. The first kappa shape index (κ1) is 32.7. The van der Waals surface area contributed by atoms with Crippen LogP contribution in [0.5, 0.6) is 0 Å². The molecule has 0 atom stereocenters. The molecule has 5 aromatic rings. The maximum absolute atomic E-state index is 13.1. The molecule has 9 heteroatoms. The zero-order valence-electron chi connectivity index (χ0n) is 25.7. The second-order valence-corrected chi connectivity index (χ2v) is 11.5. The number of alkyl halides is 3. The van der Waals surface area contributed by atoms with Gasteiger partial charge in [-0.15, -0.1) is 0 Å². The third-order valence-electron chi connectivity index (χ3n) is 7.84. The maximum Gasteiger partial charge on any atom is 0.416 e. The molecule has 0 fully saturated rings. The van der Waals surface area contributed by atoms with Gasteiger partial charge in [-0.1, -0.05) is 84.9 Å². The number of aliphatic imine (C=N–C) groups is 1. The van der Waals surface area contributed by atoms with Crippen molar-refractivity contribution >= 4 is 16.7 Å².